The van der Waals surface area contributed by atoms with E-state index >= 15 is 0 Å². The Morgan fingerprint density at radius 3 is 3.00 bits per heavy atom. The van der Waals surface area contributed by atoms with Crippen molar-refractivity contribution in [2.45, 2.75) is 12.5 Å². The third-order valence-electron chi connectivity index (χ3n) is 4.12. The summed E-state index contributed by atoms with van der Waals surface area (Å²) in [6, 6.07) is 11.2. The average Bonchev–Trinajstić information content (AvgIpc) is 3.28. The van der Waals surface area contributed by atoms with Crippen molar-refractivity contribution >= 4 is 16.9 Å². The first-order valence-corrected chi connectivity index (χ1v) is 7.90. The Kier molecular flexibility index (Phi) is 3.78. The lowest BCUT2D eigenvalue weighted by molar-refractivity contribution is 0.0742. The number of likely N-dealkylation sites (tertiary alicyclic amines) is 1. The fraction of sp³-hybridized carbons (Fsp3) is 0.222. The number of aromatic nitrogens is 2. The van der Waals surface area contributed by atoms with Crippen LogP contribution in [0.1, 0.15) is 22.7 Å². The van der Waals surface area contributed by atoms with Gasteiger partial charge >= 0.3 is 0 Å². The van der Waals surface area contributed by atoms with E-state index in [2.05, 4.69) is 9.97 Å². The van der Waals surface area contributed by atoms with Crippen LogP contribution in [0.5, 0.6) is 5.88 Å². The van der Waals surface area contributed by atoms with Crippen LogP contribution in [0.2, 0.25) is 0 Å². The number of hydrogen-bond acceptors (Lipinski definition) is 6. The first-order chi connectivity index (χ1) is 12.2. The van der Waals surface area contributed by atoms with Crippen LogP contribution in [0, 0.1) is 11.3 Å². The fourth-order valence-corrected chi connectivity index (χ4v) is 2.90. The number of fused-ring (bicyclic) bond motifs is 1. The molecule has 3 aromatic rings. The number of nitrogens with zero attached hydrogens (tertiary/aromatic N) is 4. The highest BCUT2D eigenvalue weighted by molar-refractivity contribution is 5.96. The Morgan fingerprint density at radius 1 is 1.32 bits per heavy atom. The summed E-state index contributed by atoms with van der Waals surface area (Å²) in [6.07, 6.45) is 3.35. The number of ether oxygens (including phenoxy) is 1. The molecule has 1 atom stereocenters. The maximum absolute atomic E-state index is 12.6. The topological polar surface area (TPSA) is 92.2 Å². The third-order valence-corrected chi connectivity index (χ3v) is 4.12. The molecular formula is C18H14N4O3. The highest BCUT2D eigenvalue weighted by Gasteiger charge is 2.30. The number of para-hydroxylation sites is 1. The molecule has 7 heteroatoms. The van der Waals surface area contributed by atoms with E-state index < -0.39 is 0 Å². The van der Waals surface area contributed by atoms with E-state index in [1.807, 2.05) is 30.3 Å². The van der Waals surface area contributed by atoms with Gasteiger partial charge in [0.1, 0.15) is 17.8 Å². The quantitative estimate of drug-likeness (QED) is 0.730. The average molecular weight is 334 g/mol. The minimum Gasteiger partial charge on any atom is -0.470 e. The lowest BCUT2D eigenvalue weighted by Crippen LogP contribution is -2.30. The van der Waals surface area contributed by atoms with E-state index in [9.17, 15) is 4.79 Å². The van der Waals surface area contributed by atoms with Crippen LogP contribution in [-0.4, -0.2) is 40.0 Å². The Labute approximate surface area is 143 Å². The minimum absolute atomic E-state index is 0.143. The molecule has 1 aliphatic heterocycles. The smallest absolute Gasteiger partial charge is 0.289 e. The molecule has 0 bridgehead atoms. The van der Waals surface area contributed by atoms with Crippen LogP contribution < -0.4 is 4.74 Å². The number of hydrogen-bond donors (Lipinski definition) is 0. The van der Waals surface area contributed by atoms with E-state index in [0.29, 0.717) is 30.9 Å². The first-order valence-electron chi connectivity index (χ1n) is 7.90. The van der Waals surface area contributed by atoms with Crippen molar-refractivity contribution in [3.63, 3.8) is 0 Å². The van der Waals surface area contributed by atoms with Crippen LogP contribution in [-0.2, 0) is 0 Å². The SMILES string of the molecule is N#Cc1nccnc1O[C@@H]1CCN(C(=O)c2cc3ccccc3o2)C1. The van der Waals surface area contributed by atoms with Crippen molar-refractivity contribution in [2.24, 2.45) is 0 Å². The maximum Gasteiger partial charge on any atom is 0.289 e. The second-order valence-corrected chi connectivity index (χ2v) is 5.75. The molecule has 4 rings (SSSR count). The second-order valence-electron chi connectivity index (χ2n) is 5.75. The van der Waals surface area contributed by atoms with Crippen molar-refractivity contribution in [3.8, 4) is 11.9 Å². The summed E-state index contributed by atoms with van der Waals surface area (Å²) in [7, 11) is 0. The van der Waals surface area contributed by atoms with Crippen molar-refractivity contribution in [1.82, 2.24) is 14.9 Å². The lowest BCUT2D eigenvalue weighted by atomic mass is 10.2. The molecule has 0 aliphatic carbocycles. The van der Waals surface area contributed by atoms with Gasteiger partial charge in [0.05, 0.1) is 6.54 Å². The standard InChI is InChI=1S/C18H14N4O3/c19-10-14-17(21-7-6-20-14)24-13-5-8-22(11-13)18(23)16-9-12-3-1-2-4-15(12)25-16/h1-4,6-7,9,13H,5,8,11H2/t13-/m1/s1. The van der Waals surface area contributed by atoms with E-state index in [1.165, 1.54) is 12.4 Å². The molecule has 1 fully saturated rings. The predicted octanol–water partition coefficient (Wildman–Crippen LogP) is 2.39. The molecule has 1 amide bonds. The van der Waals surface area contributed by atoms with E-state index in [0.717, 1.165) is 5.39 Å². The summed E-state index contributed by atoms with van der Waals surface area (Å²) >= 11 is 0. The molecule has 0 saturated carbocycles. The molecule has 3 heterocycles. The van der Waals surface area contributed by atoms with Gasteiger partial charge in [0.25, 0.3) is 11.8 Å². The fourth-order valence-electron chi connectivity index (χ4n) is 2.90. The number of amides is 1. The zero-order valence-electron chi connectivity index (χ0n) is 13.3. The molecule has 0 radical (unpaired) electrons. The molecule has 0 N–H and O–H groups in total. The number of benzene rings is 1. The van der Waals surface area contributed by atoms with Gasteiger partial charge in [-0.2, -0.15) is 5.26 Å². The van der Waals surface area contributed by atoms with Crippen LogP contribution in [0.15, 0.2) is 47.1 Å². The van der Waals surface area contributed by atoms with Crippen molar-refractivity contribution in [1.29, 1.82) is 5.26 Å². The summed E-state index contributed by atoms with van der Waals surface area (Å²) in [4.78, 5) is 22.3. The van der Waals surface area contributed by atoms with Gasteiger partial charge in [0.2, 0.25) is 5.69 Å². The molecule has 1 aromatic carbocycles. The van der Waals surface area contributed by atoms with Gasteiger partial charge in [-0.25, -0.2) is 9.97 Å². The molecule has 124 valence electrons. The molecule has 1 saturated heterocycles. The van der Waals surface area contributed by atoms with Gasteiger partial charge in [-0.05, 0) is 12.1 Å². The number of carbonyl (C=O) groups is 1. The van der Waals surface area contributed by atoms with Gasteiger partial charge in [0, 0.05) is 30.7 Å². The predicted molar refractivity (Wildman–Crippen MR) is 87.9 cm³/mol. The van der Waals surface area contributed by atoms with Crippen LogP contribution in [0.3, 0.4) is 0 Å². The summed E-state index contributed by atoms with van der Waals surface area (Å²) in [5.41, 5.74) is 0.834. The largest absolute Gasteiger partial charge is 0.470 e. The normalized spacial score (nSPS) is 16.8. The Hall–Kier alpha value is -3.40. The molecule has 0 spiro atoms. The summed E-state index contributed by atoms with van der Waals surface area (Å²) < 4.78 is 11.4. The van der Waals surface area contributed by atoms with E-state index in [-0.39, 0.29) is 23.6 Å². The Balaban J connectivity index is 1.46. The van der Waals surface area contributed by atoms with Crippen molar-refractivity contribution in [3.05, 3.63) is 54.2 Å². The van der Waals surface area contributed by atoms with Gasteiger partial charge in [0.15, 0.2) is 5.76 Å². The monoisotopic (exact) mass is 334 g/mol. The summed E-state index contributed by atoms with van der Waals surface area (Å²) in [5, 5.41) is 9.94. The van der Waals surface area contributed by atoms with Gasteiger partial charge < -0.3 is 14.1 Å². The molecule has 0 unspecified atom stereocenters. The number of furan rings is 1. The summed E-state index contributed by atoms with van der Waals surface area (Å²) in [6.45, 7) is 0.972. The van der Waals surface area contributed by atoms with E-state index in [1.54, 1.807) is 11.0 Å². The van der Waals surface area contributed by atoms with Crippen molar-refractivity contribution < 1.29 is 13.9 Å². The second kappa shape index (κ2) is 6.24. The van der Waals surface area contributed by atoms with E-state index in [4.69, 9.17) is 14.4 Å². The Morgan fingerprint density at radius 2 is 2.16 bits per heavy atom. The summed E-state index contributed by atoms with van der Waals surface area (Å²) in [5.74, 6) is 0.356. The third kappa shape index (κ3) is 2.90. The maximum atomic E-state index is 12.6. The van der Waals surface area contributed by atoms with Crippen LogP contribution in [0.4, 0.5) is 0 Å². The molecule has 1 aliphatic rings. The van der Waals surface area contributed by atoms with Crippen LogP contribution >= 0.6 is 0 Å². The molecular weight excluding hydrogens is 320 g/mol. The van der Waals surface area contributed by atoms with Gasteiger partial charge in [-0.3, -0.25) is 4.79 Å². The molecule has 25 heavy (non-hydrogen) atoms. The Bertz CT molecular complexity index is 943. The molecule has 7 nitrogen and oxygen atoms in total. The zero-order valence-corrected chi connectivity index (χ0v) is 13.3. The number of carbonyl (C=O) groups excluding carboxylic acids is 1. The number of rotatable bonds is 3. The number of nitriles is 1. The van der Waals surface area contributed by atoms with Crippen molar-refractivity contribution in [2.75, 3.05) is 13.1 Å². The molecule has 2 aromatic heterocycles. The highest BCUT2D eigenvalue weighted by Crippen LogP contribution is 2.23. The van der Waals surface area contributed by atoms with Gasteiger partial charge in [-0.15, -0.1) is 0 Å². The minimum atomic E-state index is -0.225. The van der Waals surface area contributed by atoms with Gasteiger partial charge in [-0.1, -0.05) is 18.2 Å². The lowest BCUT2D eigenvalue weighted by Gasteiger charge is -2.15. The highest BCUT2D eigenvalue weighted by atomic mass is 16.5. The van der Waals surface area contributed by atoms with Crippen LogP contribution in [0.25, 0.3) is 11.0 Å². The zero-order chi connectivity index (χ0) is 17.2. The first kappa shape index (κ1) is 15.1.